The molecule has 1 aliphatic carbocycles. The Bertz CT molecular complexity index is 270. The van der Waals surface area contributed by atoms with E-state index in [1.165, 1.54) is 10.4 Å². The van der Waals surface area contributed by atoms with E-state index < -0.39 is 5.97 Å². The van der Waals surface area contributed by atoms with Crippen LogP contribution in [-0.2, 0) is 17.6 Å². The fraction of sp³-hybridized carbons (Fsp3) is 0.375. The van der Waals surface area contributed by atoms with Gasteiger partial charge in [-0.3, -0.25) is 4.79 Å². The first-order valence-corrected chi connectivity index (χ1v) is 4.43. The van der Waals surface area contributed by atoms with Gasteiger partial charge >= 0.3 is 5.97 Å². The van der Waals surface area contributed by atoms with E-state index in [0.717, 1.165) is 12.8 Å². The van der Waals surface area contributed by atoms with Gasteiger partial charge in [-0.2, -0.15) is 0 Å². The minimum Gasteiger partial charge on any atom is -0.481 e. The maximum atomic E-state index is 10.6. The SMILES string of the molecule is O=C(O)C1Cc2ccsc2C1. The number of aliphatic carboxylic acids is 1. The van der Waals surface area contributed by atoms with Crippen molar-refractivity contribution in [1.82, 2.24) is 0 Å². The third-order valence-electron chi connectivity index (χ3n) is 2.09. The number of carbonyl (C=O) groups is 1. The van der Waals surface area contributed by atoms with E-state index in [1.807, 2.05) is 11.4 Å². The summed E-state index contributed by atoms with van der Waals surface area (Å²) in [4.78, 5) is 11.8. The Labute approximate surface area is 68.5 Å². The van der Waals surface area contributed by atoms with Crippen molar-refractivity contribution in [3.8, 4) is 0 Å². The van der Waals surface area contributed by atoms with E-state index >= 15 is 0 Å². The minimum atomic E-state index is -0.659. The summed E-state index contributed by atoms with van der Waals surface area (Å²) in [5, 5.41) is 10.7. The predicted molar refractivity (Wildman–Crippen MR) is 42.9 cm³/mol. The summed E-state index contributed by atoms with van der Waals surface area (Å²) < 4.78 is 0. The van der Waals surface area contributed by atoms with Gasteiger partial charge in [0.25, 0.3) is 0 Å². The lowest BCUT2D eigenvalue weighted by atomic mass is 10.1. The van der Waals surface area contributed by atoms with Crippen LogP contribution in [0.1, 0.15) is 10.4 Å². The molecule has 1 aromatic rings. The normalized spacial score (nSPS) is 21.6. The van der Waals surface area contributed by atoms with Crippen LogP contribution in [0.5, 0.6) is 0 Å². The van der Waals surface area contributed by atoms with Crippen LogP contribution in [0, 0.1) is 5.92 Å². The molecular formula is C8H8O2S. The number of fused-ring (bicyclic) bond motifs is 1. The van der Waals surface area contributed by atoms with Crippen molar-refractivity contribution in [2.75, 3.05) is 0 Å². The molecule has 0 aromatic carbocycles. The molecule has 0 radical (unpaired) electrons. The zero-order valence-electron chi connectivity index (χ0n) is 5.91. The first-order valence-electron chi connectivity index (χ1n) is 3.55. The molecule has 0 spiro atoms. The highest BCUT2D eigenvalue weighted by molar-refractivity contribution is 7.10. The first-order chi connectivity index (χ1) is 5.27. The molecule has 0 amide bonds. The lowest BCUT2D eigenvalue weighted by molar-refractivity contribution is -0.141. The Morgan fingerprint density at radius 3 is 3.09 bits per heavy atom. The maximum Gasteiger partial charge on any atom is 0.307 e. The smallest absolute Gasteiger partial charge is 0.307 e. The molecule has 3 heteroatoms. The lowest BCUT2D eigenvalue weighted by Gasteiger charge is -1.99. The Balaban J connectivity index is 2.22. The van der Waals surface area contributed by atoms with E-state index in [9.17, 15) is 4.79 Å². The first kappa shape index (κ1) is 6.85. The topological polar surface area (TPSA) is 37.3 Å². The van der Waals surface area contributed by atoms with E-state index in [0.29, 0.717) is 0 Å². The Kier molecular flexibility index (Phi) is 1.46. The van der Waals surface area contributed by atoms with Gasteiger partial charge in [0.2, 0.25) is 0 Å². The van der Waals surface area contributed by atoms with Crippen molar-refractivity contribution >= 4 is 17.3 Å². The highest BCUT2D eigenvalue weighted by atomic mass is 32.1. The minimum absolute atomic E-state index is 0.155. The van der Waals surface area contributed by atoms with E-state index in [2.05, 4.69) is 0 Å². The average molecular weight is 168 g/mol. The molecule has 1 aromatic heterocycles. The van der Waals surface area contributed by atoms with Crippen LogP contribution in [0.15, 0.2) is 11.4 Å². The fourth-order valence-electron chi connectivity index (χ4n) is 1.46. The van der Waals surface area contributed by atoms with Crippen molar-refractivity contribution in [2.45, 2.75) is 12.8 Å². The van der Waals surface area contributed by atoms with E-state index in [-0.39, 0.29) is 5.92 Å². The van der Waals surface area contributed by atoms with Crippen LogP contribution in [0.3, 0.4) is 0 Å². The quantitative estimate of drug-likeness (QED) is 0.690. The molecular weight excluding hydrogens is 160 g/mol. The van der Waals surface area contributed by atoms with Gasteiger partial charge in [-0.05, 0) is 29.9 Å². The molecule has 11 heavy (non-hydrogen) atoms. The standard InChI is InChI=1S/C8H8O2S/c9-8(10)6-3-5-1-2-11-7(5)4-6/h1-2,6H,3-4H2,(H,9,10). The van der Waals surface area contributed by atoms with Gasteiger partial charge in [-0.1, -0.05) is 0 Å². The molecule has 1 heterocycles. The molecule has 1 aliphatic rings. The van der Waals surface area contributed by atoms with Crippen LogP contribution in [-0.4, -0.2) is 11.1 Å². The number of thiophene rings is 1. The third kappa shape index (κ3) is 1.05. The Morgan fingerprint density at radius 2 is 2.45 bits per heavy atom. The molecule has 0 aliphatic heterocycles. The van der Waals surface area contributed by atoms with E-state index in [4.69, 9.17) is 5.11 Å². The van der Waals surface area contributed by atoms with Crippen LogP contribution < -0.4 is 0 Å². The van der Waals surface area contributed by atoms with Gasteiger partial charge in [0.05, 0.1) is 5.92 Å². The summed E-state index contributed by atoms with van der Waals surface area (Å²) in [6.07, 6.45) is 1.47. The second-order valence-electron chi connectivity index (χ2n) is 2.81. The lowest BCUT2D eigenvalue weighted by Crippen LogP contribution is -2.12. The van der Waals surface area contributed by atoms with Crippen molar-refractivity contribution in [2.24, 2.45) is 5.92 Å². The molecule has 2 rings (SSSR count). The fourth-order valence-corrected chi connectivity index (χ4v) is 2.46. The molecule has 0 saturated heterocycles. The van der Waals surface area contributed by atoms with Crippen molar-refractivity contribution in [3.63, 3.8) is 0 Å². The highest BCUT2D eigenvalue weighted by Gasteiger charge is 2.27. The average Bonchev–Trinajstić information content (AvgIpc) is 2.40. The maximum absolute atomic E-state index is 10.6. The zero-order valence-corrected chi connectivity index (χ0v) is 6.73. The molecule has 2 nitrogen and oxygen atoms in total. The highest BCUT2D eigenvalue weighted by Crippen LogP contribution is 2.30. The summed E-state index contributed by atoms with van der Waals surface area (Å²) in [5.74, 6) is -0.814. The van der Waals surface area contributed by atoms with Crippen molar-refractivity contribution in [1.29, 1.82) is 0 Å². The third-order valence-corrected chi connectivity index (χ3v) is 3.07. The summed E-state index contributed by atoms with van der Waals surface area (Å²) in [5.41, 5.74) is 1.24. The molecule has 58 valence electrons. The van der Waals surface area contributed by atoms with Gasteiger partial charge in [-0.15, -0.1) is 11.3 Å². The number of carboxylic acid groups (broad SMARTS) is 1. The molecule has 0 fully saturated rings. The monoisotopic (exact) mass is 168 g/mol. The van der Waals surface area contributed by atoms with Gasteiger partial charge in [0.15, 0.2) is 0 Å². The van der Waals surface area contributed by atoms with Gasteiger partial charge in [0.1, 0.15) is 0 Å². The van der Waals surface area contributed by atoms with Crippen LogP contribution in [0.25, 0.3) is 0 Å². The summed E-state index contributed by atoms with van der Waals surface area (Å²) >= 11 is 1.67. The molecule has 1 atom stereocenters. The van der Waals surface area contributed by atoms with Gasteiger partial charge < -0.3 is 5.11 Å². The molecule has 1 N–H and O–H groups in total. The summed E-state index contributed by atoms with van der Waals surface area (Å²) in [6, 6.07) is 2.03. The van der Waals surface area contributed by atoms with Gasteiger partial charge in [-0.25, -0.2) is 0 Å². The Morgan fingerprint density at radius 1 is 1.64 bits per heavy atom. The van der Waals surface area contributed by atoms with Crippen LogP contribution in [0.2, 0.25) is 0 Å². The number of carboxylic acids is 1. The van der Waals surface area contributed by atoms with Crippen LogP contribution in [0.4, 0.5) is 0 Å². The molecule has 0 saturated carbocycles. The second-order valence-corrected chi connectivity index (χ2v) is 3.81. The largest absolute Gasteiger partial charge is 0.481 e. The summed E-state index contributed by atoms with van der Waals surface area (Å²) in [7, 11) is 0. The van der Waals surface area contributed by atoms with E-state index in [1.54, 1.807) is 11.3 Å². The number of hydrogen-bond acceptors (Lipinski definition) is 2. The molecule has 0 bridgehead atoms. The number of rotatable bonds is 1. The van der Waals surface area contributed by atoms with Crippen molar-refractivity contribution < 1.29 is 9.90 Å². The summed E-state index contributed by atoms with van der Waals surface area (Å²) in [6.45, 7) is 0. The van der Waals surface area contributed by atoms with Crippen LogP contribution >= 0.6 is 11.3 Å². The number of hydrogen-bond donors (Lipinski definition) is 1. The zero-order chi connectivity index (χ0) is 7.84. The van der Waals surface area contributed by atoms with Crippen molar-refractivity contribution in [3.05, 3.63) is 21.9 Å². The predicted octanol–water partition coefficient (Wildman–Crippen LogP) is 1.55. The molecule has 1 unspecified atom stereocenters. The Hall–Kier alpha value is -0.830. The van der Waals surface area contributed by atoms with Gasteiger partial charge in [0, 0.05) is 4.88 Å². The second kappa shape index (κ2) is 2.34.